The zero-order valence-electron chi connectivity index (χ0n) is 14.1. The number of anilines is 3. The van der Waals surface area contributed by atoms with E-state index in [-0.39, 0.29) is 11.6 Å². The maximum atomic E-state index is 13.8. The zero-order chi connectivity index (χ0) is 18.5. The highest BCUT2D eigenvalue weighted by Gasteiger charge is 2.11. The van der Waals surface area contributed by atoms with E-state index in [1.165, 1.54) is 18.2 Å². The van der Waals surface area contributed by atoms with Crippen LogP contribution in [-0.2, 0) is 6.42 Å². The summed E-state index contributed by atoms with van der Waals surface area (Å²) in [6.07, 6.45) is 0.758. The number of nitrogens with one attached hydrogen (secondary N) is 2. The largest absolute Gasteiger partial charge is 0.370 e. The van der Waals surface area contributed by atoms with Crippen molar-refractivity contribution in [3.8, 4) is 0 Å². The Balaban J connectivity index is 1.69. The molecule has 1 aromatic heterocycles. The summed E-state index contributed by atoms with van der Waals surface area (Å²) in [4.78, 5) is 8.44. The number of benzene rings is 2. The van der Waals surface area contributed by atoms with E-state index < -0.39 is 11.6 Å². The van der Waals surface area contributed by atoms with Gasteiger partial charge in [0.15, 0.2) is 0 Å². The van der Waals surface area contributed by atoms with Crippen LogP contribution in [0, 0.1) is 18.6 Å². The molecule has 0 amide bonds. The van der Waals surface area contributed by atoms with E-state index in [0.29, 0.717) is 23.1 Å². The highest BCUT2D eigenvalue weighted by molar-refractivity contribution is 6.30. The molecule has 0 aliphatic rings. The Bertz CT molecular complexity index is 898. The van der Waals surface area contributed by atoms with Crippen LogP contribution in [0.3, 0.4) is 0 Å². The fourth-order valence-electron chi connectivity index (χ4n) is 2.47. The quantitative estimate of drug-likeness (QED) is 0.629. The normalized spacial score (nSPS) is 10.6. The lowest BCUT2D eigenvalue weighted by atomic mass is 10.1. The van der Waals surface area contributed by atoms with Crippen molar-refractivity contribution in [2.24, 2.45) is 0 Å². The van der Waals surface area contributed by atoms with Crippen LogP contribution in [0.25, 0.3) is 0 Å². The SMILES string of the molecule is Cc1cc(NCCc2cccc(Cl)c2)nc(Nc2c(F)cccc2F)n1. The molecule has 0 unspecified atom stereocenters. The molecular weight excluding hydrogens is 358 g/mol. The van der Waals surface area contributed by atoms with Crippen molar-refractivity contribution in [2.45, 2.75) is 13.3 Å². The molecule has 2 N–H and O–H groups in total. The minimum atomic E-state index is -0.703. The number of hydrogen-bond donors (Lipinski definition) is 2. The Labute approximate surface area is 155 Å². The Morgan fingerprint density at radius 2 is 1.73 bits per heavy atom. The van der Waals surface area contributed by atoms with Gasteiger partial charge in [-0.05, 0) is 43.2 Å². The number of rotatable bonds is 6. The lowest BCUT2D eigenvalue weighted by Crippen LogP contribution is -2.09. The average Bonchev–Trinajstić information content (AvgIpc) is 2.58. The molecule has 0 aliphatic carbocycles. The number of hydrogen-bond acceptors (Lipinski definition) is 4. The molecule has 0 spiro atoms. The predicted octanol–water partition coefficient (Wildman–Crippen LogP) is 5.11. The molecule has 3 rings (SSSR count). The van der Waals surface area contributed by atoms with Crippen LogP contribution in [0.2, 0.25) is 5.02 Å². The number of nitrogens with zero attached hydrogens (tertiary/aromatic N) is 2. The molecule has 0 bridgehead atoms. The number of halogens is 3. The van der Waals surface area contributed by atoms with Crippen LogP contribution in [0.1, 0.15) is 11.3 Å². The van der Waals surface area contributed by atoms with E-state index in [2.05, 4.69) is 20.6 Å². The third kappa shape index (κ3) is 4.67. The van der Waals surface area contributed by atoms with Crippen LogP contribution >= 0.6 is 11.6 Å². The van der Waals surface area contributed by atoms with Crippen LogP contribution in [0.15, 0.2) is 48.5 Å². The third-order valence-corrected chi connectivity index (χ3v) is 3.90. The van der Waals surface area contributed by atoms with Gasteiger partial charge < -0.3 is 10.6 Å². The second kappa shape index (κ2) is 8.10. The van der Waals surface area contributed by atoms with Gasteiger partial charge >= 0.3 is 0 Å². The van der Waals surface area contributed by atoms with Crippen molar-refractivity contribution in [3.63, 3.8) is 0 Å². The minimum absolute atomic E-state index is 0.124. The molecule has 134 valence electrons. The summed E-state index contributed by atoms with van der Waals surface area (Å²) in [7, 11) is 0. The molecule has 1 heterocycles. The van der Waals surface area contributed by atoms with Gasteiger partial charge in [-0.2, -0.15) is 4.98 Å². The third-order valence-electron chi connectivity index (χ3n) is 3.66. The summed E-state index contributed by atoms with van der Waals surface area (Å²) in [6, 6.07) is 13.0. The fraction of sp³-hybridized carbons (Fsp3) is 0.158. The first-order valence-corrected chi connectivity index (χ1v) is 8.44. The van der Waals surface area contributed by atoms with Crippen LogP contribution in [0.4, 0.5) is 26.2 Å². The number of aromatic nitrogens is 2. The fourth-order valence-corrected chi connectivity index (χ4v) is 2.68. The summed E-state index contributed by atoms with van der Waals surface area (Å²) in [5.41, 5.74) is 1.50. The van der Waals surface area contributed by atoms with Crippen molar-refractivity contribution in [2.75, 3.05) is 17.2 Å². The summed E-state index contributed by atoms with van der Waals surface area (Å²) in [6.45, 7) is 2.41. The summed E-state index contributed by atoms with van der Waals surface area (Å²) in [5, 5.41) is 6.49. The van der Waals surface area contributed by atoms with Crippen molar-refractivity contribution in [1.82, 2.24) is 9.97 Å². The second-order valence-corrected chi connectivity index (χ2v) is 6.18. The molecule has 26 heavy (non-hydrogen) atoms. The number of para-hydroxylation sites is 1. The van der Waals surface area contributed by atoms with E-state index in [1.54, 1.807) is 13.0 Å². The standard InChI is InChI=1S/C19H17ClF2N4/c1-12-10-17(23-9-8-13-4-2-5-14(20)11-13)25-19(24-12)26-18-15(21)6-3-7-16(18)22/h2-7,10-11H,8-9H2,1H3,(H2,23,24,25,26). The molecule has 0 saturated carbocycles. The van der Waals surface area contributed by atoms with Crippen molar-refractivity contribution in [3.05, 3.63) is 76.4 Å². The first-order valence-electron chi connectivity index (χ1n) is 8.06. The maximum Gasteiger partial charge on any atom is 0.229 e. The van der Waals surface area contributed by atoms with E-state index in [1.807, 2.05) is 24.3 Å². The first kappa shape index (κ1) is 18.1. The second-order valence-electron chi connectivity index (χ2n) is 5.75. The summed E-state index contributed by atoms with van der Waals surface area (Å²) in [5.74, 6) is -0.714. The molecular formula is C19H17ClF2N4. The molecule has 0 radical (unpaired) electrons. The molecule has 0 saturated heterocycles. The van der Waals surface area contributed by atoms with Crippen molar-refractivity contribution >= 4 is 29.1 Å². The molecule has 7 heteroatoms. The van der Waals surface area contributed by atoms with E-state index in [0.717, 1.165) is 12.0 Å². The van der Waals surface area contributed by atoms with Gasteiger partial charge in [-0.3, -0.25) is 0 Å². The molecule has 4 nitrogen and oxygen atoms in total. The maximum absolute atomic E-state index is 13.8. The molecule has 0 fully saturated rings. The zero-order valence-corrected chi connectivity index (χ0v) is 14.8. The summed E-state index contributed by atoms with van der Waals surface area (Å²) < 4.78 is 27.6. The lowest BCUT2D eigenvalue weighted by Gasteiger charge is -2.11. The number of aryl methyl sites for hydroxylation is 1. The topological polar surface area (TPSA) is 49.8 Å². The van der Waals surface area contributed by atoms with Gasteiger partial charge in [0.25, 0.3) is 0 Å². The van der Waals surface area contributed by atoms with Crippen molar-refractivity contribution < 1.29 is 8.78 Å². The molecule has 0 atom stereocenters. The van der Waals surface area contributed by atoms with Crippen LogP contribution < -0.4 is 10.6 Å². The van der Waals surface area contributed by atoms with E-state index in [4.69, 9.17) is 11.6 Å². The van der Waals surface area contributed by atoms with Gasteiger partial charge in [0.05, 0.1) is 0 Å². The van der Waals surface area contributed by atoms with Gasteiger partial charge in [0, 0.05) is 23.3 Å². The lowest BCUT2D eigenvalue weighted by molar-refractivity contribution is 0.590. The Kier molecular flexibility index (Phi) is 5.63. The highest BCUT2D eigenvalue weighted by atomic mass is 35.5. The molecule has 0 aliphatic heterocycles. The Morgan fingerprint density at radius 3 is 2.46 bits per heavy atom. The Morgan fingerprint density at radius 1 is 1.00 bits per heavy atom. The van der Waals surface area contributed by atoms with Gasteiger partial charge in [-0.15, -0.1) is 0 Å². The monoisotopic (exact) mass is 374 g/mol. The van der Waals surface area contributed by atoms with Crippen LogP contribution in [-0.4, -0.2) is 16.5 Å². The van der Waals surface area contributed by atoms with Gasteiger partial charge in [-0.1, -0.05) is 29.8 Å². The van der Waals surface area contributed by atoms with E-state index >= 15 is 0 Å². The molecule has 2 aromatic carbocycles. The highest BCUT2D eigenvalue weighted by Crippen LogP contribution is 2.22. The minimum Gasteiger partial charge on any atom is -0.370 e. The van der Waals surface area contributed by atoms with E-state index in [9.17, 15) is 8.78 Å². The molecule has 3 aromatic rings. The predicted molar refractivity (Wildman–Crippen MR) is 100 cm³/mol. The first-order chi connectivity index (χ1) is 12.5. The smallest absolute Gasteiger partial charge is 0.229 e. The van der Waals surface area contributed by atoms with Gasteiger partial charge in [0.1, 0.15) is 23.1 Å². The van der Waals surface area contributed by atoms with Crippen LogP contribution in [0.5, 0.6) is 0 Å². The Hall–Kier alpha value is -2.73. The van der Waals surface area contributed by atoms with Gasteiger partial charge in [0.2, 0.25) is 5.95 Å². The van der Waals surface area contributed by atoms with Gasteiger partial charge in [-0.25, -0.2) is 13.8 Å². The average molecular weight is 375 g/mol. The summed E-state index contributed by atoms with van der Waals surface area (Å²) >= 11 is 5.97. The van der Waals surface area contributed by atoms with Crippen molar-refractivity contribution in [1.29, 1.82) is 0 Å².